The Hall–Kier alpha value is -0.340. The van der Waals surface area contributed by atoms with Gasteiger partial charge in [-0.15, -0.1) is 0 Å². The zero-order chi connectivity index (χ0) is 9.30. The van der Waals surface area contributed by atoms with Gasteiger partial charge in [0.15, 0.2) is 5.78 Å². The van der Waals surface area contributed by atoms with E-state index in [1.807, 2.05) is 6.92 Å². The molecule has 0 heterocycles. The first kappa shape index (κ1) is 9.75. The number of ketones is 1. The van der Waals surface area contributed by atoms with Crippen LogP contribution in [0.3, 0.4) is 0 Å². The van der Waals surface area contributed by atoms with E-state index in [1.54, 1.807) is 12.1 Å². The standard InChI is InChI=1S/C9H8BrClO/c1-5-3-7(6(2)12)9(11)4-8(5)10/h3-4H,1-2H3. The zero-order valence-electron chi connectivity index (χ0n) is 6.82. The first-order chi connectivity index (χ1) is 5.52. The van der Waals surface area contributed by atoms with Gasteiger partial charge >= 0.3 is 0 Å². The third-order valence-electron chi connectivity index (χ3n) is 1.63. The molecule has 0 fully saturated rings. The van der Waals surface area contributed by atoms with E-state index in [4.69, 9.17) is 11.6 Å². The quantitative estimate of drug-likeness (QED) is 0.693. The number of rotatable bonds is 1. The number of Topliss-reactive ketones (excluding diaryl/α,β-unsaturated/α-hetero) is 1. The molecule has 0 atom stereocenters. The van der Waals surface area contributed by atoms with Gasteiger partial charge in [-0.25, -0.2) is 0 Å². The van der Waals surface area contributed by atoms with Crippen molar-refractivity contribution in [3.63, 3.8) is 0 Å². The van der Waals surface area contributed by atoms with Crippen LogP contribution < -0.4 is 0 Å². The number of carbonyl (C=O) groups is 1. The average Bonchev–Trinajstić information content (AvgIpc) is 1.96. The second-order valence-corrected chi connectivity index (χ2v) is 3.90. The van der Waals surface area contributed by atoms with E-state index >= 15 is 0 Å². The normalized spacial score (nSPS) is 10.0. The Morgan fingerprint density at radius 1 is 1.50 bits per heavy atom. The molecule has 0 saturated heterocycles. The summed E-state index contributed by atoms with van der Waals surface area (Å²) in [7, 11) is 0. The summed E-state index contributed by atoms with van der Waals surface area (Å²) in [6.45, 7) is 3.43. The minimum atomic E-state index is -0.00407. The Bertz CT molecular complexity index is 334. The van der Waals surface area contributed by atoms with Crippen molar-refractivity contribution in [2.75, 3.05) is 0 Å². The highest BCUT2D eigenvalue weighted by atomic mass is 79.9. The van der Waals surface area contributed by atoms with Crippen LogP contribution >= 0.6 is 27.5 Å². The molecule has 0 aliphatic carbocycles. The van der Waals surface area contributed by atoms with E-state index < -0.39 is 0 Å². The predicted octanol–water partition coefficient (Wildman–Crippen LogP) is 3.61. The van der Waals surface area contributed by atoms with Gasteiger partial charge in [0.05, 0.1) is 5.02 Å². The van der Waals surface area contributed by atoms with Crippen LogP contribution in [-0.2, 0) is 0 Å². The molecule has 0 unspecified atom stereocenters. The molecule has 12 heavy (non-hydrogen) atoms. The molecule has 3 heteroatoms. The number of hydrogen-bond donors (Lipinski definition) is 0. The van der Waals surface area contributed by atoms with Gasteiger partial charge in [0, 0.05) is 10.0 Å². The Morgan fingerprint density at radius 2 is 2.08 bits per heavy atom. The van der Waals surface area contributed by atoms with Gasteiger partial charge in [0.25, 0.3) is 0 Å². The fraction of sp³-hybridized carbons (Fsp3) is 0.222. The predicted molar refractivity (Wildman–Crippen MR) is 53.9 cm³/mol. The smallest absolute Gasteiger partial charge is 0.161 e. The molecule has 0 aromatic heterocycles. The fourth-order valence-electron chi connectivity index (χ4n) is 0.927. The van der Waals surface area contributed by atoms with E-state index in [1.165, 1.54) is 6.92 Å². The van der Waals surface area contributed by atoms with Gasteiger partial charge in [-0.2, -0.15) is 0 Å². The van der Waals surface area contributed by atoms with Crippen LogP contribution in [0.4, 0.5) is 0 Å². The second kappa shape index (κ2) is 3.58. The molecule has 0 N–H and O–H groups in total. The van der Waals surface area contributed by atoms with Gasteiger partial charge in [0.1, 0.15) is 0 Å². The maximum absolute atomic E-state index is 11.0. The Kier molecular flexibility index (Phi) is 2.91. The molecule has 1 aromatic rings. The second-order valence-electron chi connectivity index (χ2n) is 2.64. The van der Waals surface area contributed by atoms with Crippen molar-refractivity contribution in [3.8, 4) is 0 Å². The Morgan fingerprint density at radius 3 is 2.58 bits per heavy atom. The number of carbonyl (C=O) groups excluding carboxylic acids is 1. The first-order valence-corrected chi connectivity index (χ1v) is 4.66. The van der Waals surface area contributed by atoms with Crippen LogP contribution in [0.5, 0.6) is 0 Å². The van der Waals surface area contributed by atoms with Crippen molar-refractivity contribution in [2.45, 2.75) is 13.8 Å². The Labute approximate surface area is 84.9 Å². The summed E-state index contributed by atoms with van der Waals surface area (Å²) < 4.78 is 0.928. The van der Waals surface area contributed by atoms with E-state index in [9.17, 15) is 4.79 Å². The van der Waals surface area contributed by atoms with Crippen molar-refractivity contribution < 1.29 is 4.79 Å². The van der Waals surface area contributed by atoms with Gasteiger partial charge in [0.2, 0.25) is 0 Å². The average molecular weight is 248 g/mol. The summed E-state index contributed by atoms with van der Waals surface area (Å²) in [6.07, 6.45) is 0. The highest BCUT2D eigenvalue weighted by Crippen LogP contribution is 2.25. The molecule has 0 amide bonds. The van der Waals surface area contributed by atoms with Crippen molar-refractivity contribution in [2.24, 2.45) is 0 Å². The SMILES string of the molecule is CC(=O)c1cc(C)c(Br)cc1Cl. The molecule has 0 radical (unpaired) electrons. The Balaban J connectivity index is 3.33. The molecule has 1 nitrogen and oxygen atoms in total. The van der Waals surface area contributed by atoms with Gasteiger partial charge < -0.3 is 0 Å². The van der Waals surface area contributed by atoms with E-state index in [0.29, 0.717) is 10.6 Å². The maximum atomic E-state index is 11.0. The minimum Gasteiger partial charge on any atom is -0.294 e. The third-order valence-corrected chi connectivity index (χ3v) is 2.79. The summed E-state index contributed by atoms with van der Waals surface area (Å²) >= 11 is 9.18. The zero-order valence-corrected chi connectivity index (χ0v) is 9.16. The van der Waals surface area contributed by atoms with E-state index in [-0.39, 0.29) is 5.78 Å². The molecular weight excluding hydrogens is 239 g/mol. The van der Waals surface area contributed by atoms with Crippen LogP contribution in [0, 0.1) is 6.92 Å². The van der Waals surface area contributed by atoms with E-state index in [2.05, 4.69) is 15.9 Å². The van der Waals surface area contributed by atoms with Crippen LogP contribution in [0.1, 0.15) is 22.8 Å². The topological polar surface area (TPSA) is 17.1 Å². The molecule has 64 valence electrons. The maximum Gasteiger partial charge on any atom is 0.161 e. The highest BCUT2D eigenvalue weighted by molar-refractivity contribution is 9.10. The monoisotopic (exact) mass is 246 g/mol. The summed E-state index contributed by atoms with van der Waals surface area (Å²) in [6, 6.07) is 3.53. The van der Waals surface area contributed by atoms with Crippen molar-refractivity contribution >= 4 is 33.3 Å². The molecule has 0 spiro atoms. The van der Waals surface area contributed by atoms with Crippen LogP contribution in [0.2, 0.25) is 5.02 Å². The first-order valence-electron chi connectivity index (χ1n) is 3.49. The summed E-state index contributed by atoms with van der Waals surface area (Å²) in [5.41, 5.74) is 1.60. The van der Waals surface area contributed by atoms with Crippen molar-refractivity contribution in [3.05, 3.63) is 32.8 Å². The van der Waals surface area contributed by atoms with Gasteiger partial charge in [-0.05, 0) is 31.5 Å². The molecule has 1 aromatic carbocycles. The lowest BCUT2D eigenvalue weighted by atomic mass is 10.1. The number of hydrogen-bond acceptors (Lipinski definition) is 1. The lowest BCUT2D eigenvalue weighted by Gasteiger charge is -2.03. The van der Waals surface area contributed by atoms with Crippen LogP contribution in [-0.4, -0.2) is 5.78 Å². The van der Waals surface area contributed by atoms with E-state index in [0.717, 1.165) is 10.0 Å². The highest BCUT2D eigenvalue weighted by Gasteiger charge is 2.07. The number of benzene rings is 1. The lowest BCUT2D eigenvalue weighted by Crippen LogP contribution is -1.94. The summed E-state index contributed by atoms with van der Waals surface area (Å²) in [5, 5.41) is 0.500. The molecule has 1 rings (SSSR count). The van der Waals surface area contributed by atoms with Crippen molar-refractivity contribution in [1.29, 1.82) is 0 Å². The summed E-state index contributed by atoms with van der Waals surface area (Å²) in [5.74, 6) is -0.00407. The van der Waals surface area contributed by atoms with Gasteiger partial charge in [-0.3, -0.25) is 4.79 Å². The fourth-order valence-corrected chi connectivity index (χ4v) is 1.70. The third kappa shape index (κ3) is 1.87. The lowest BCUT2D eigenvalue weighted by molar-refractivity contribution is 0.101. The molecule has 0 aliphatic rings. The summed E-state index contributed by atoms with van der Waals surface area (Å²) in [4.78, 5) is 11.0. The number of aryl methyl sites for hydroxylation is 1. The number of halogens is 2. The molecular formula is C9H8BrClO. The molecule has 0 aliphatic heterocycles. The van der Waals surface area contributed by atoms with Crippen LogP contribution in [0.25, 0.3) is 0 Å². The minimum absolute atomic E-state index is 0.00407. The van der Waals surface area contributed by atoms with Crippen LogP contribution in [0.15, 0.2) is 16.6 Å². The van der Waals surface area contributed by atoms with Crippen molar-refractivity contribution in [1.82, 2.24) is 0 Å². The largest absolute Gasteiger partial charge is 0.294 e. The molecule has 0 saturated carbocycles. The molecule has 0 bridgehead atoms. The van der Waals surface area contributed by atoms with Gasteiger partial charge in [-0.1, -0.05) is 27.5 Å².